The Hall–Kier alpha value is -3.09. The van der Waals surface area contributed by atoms with Crippen molar-refractivity contribution in [2.75, 3.05) is 36.0 Å². The second-order valence-corrected chi connectivity index (χ2v) is 12.1. The van der Waals surface area contributed by atoms with Crippen LogP contribution in [0.4, 0.5) is 11.5 Å². The third-order valence-corrected chi connectivity index (χ3v) is 9.36. The molecule has 2 aromatic rings. The largest absolute Gasteiger partial charge is 0.368 e. The van der Waals surface area contributed by atoms with E-state index in [4.69, 9.17) is 12.2 Å². The number of thioether (sulfide) groups is 1. The molecule has 0 spiro atoms. The summed E-state index contributed by atoms with van der Waals surface area (Å²) in [6, 6.07) is 12.7. The van der Waals surface area contributed by atoms with Crippen molar-refractivity contribution in [3.05, 3.63) is 62.3 Å². The van der Waals surface area contributed by atoms with Gasteiger partial charge in [0.1, 0.15) is 21.8 Å². The van der Waals surface area contributed by atoms with Crippen LogP contribution in [0.2, 0.25) is 0 Å². The van der Waals surface area contributed by atoms with Gasteiger partial charge in [-0.3, -0.25) is 19.1 Å². The number of amides is 1. The minimum atomic E-state index is -0.260. The highest BCUT2D eigenvalue weighted by molar-refractivity contribution is 8.26. The molecule has 7 nitrogen and oxygen atoms in total. The number of thiocarbonyl (C=S) groups is 1. The van der Waals surface area contributed by atoms with E-state index < -0.39 is 0 Å². The summed E-state index contributed by atoms with van der Waals surface area (Å²) in [5.74, 6) is 0.747. The highest BCUT2D eigenvalue weighted by Gasteiger charge is 2.38. The Bertz CT molecular complexity index is 1380. The van der Waals surface area contributed by atoms with Crippen LogP contribution in [0.1, 0.15) is 62.1 Å². The van der Waals surface area contributed by atoms with Crippen LogP contribution in [0.5, 0.6) is 0 Å². The molecule has 2 aliphatic heterocycles. The predicted molar refractivity (Wildman–Crippen MR) is 163 cm³/mol. The van der Waals surface area contributed by atoms with Crippen LogP contribution in [0.3, 0.4) is 0 Å². The van der Waals surface area contributed by atoms with Crippen LogP contribution in [0.25, 0.3) is 6.08 Å². The Labute approximate surface area is 240 Å². The van der Waals surface area contributed by atoms with E-state index in [2.05, 4.69) is 28.0 Å². The van der Waals surface area contributed by atoms with Gasteiger partial charge in [-0.1, -0.05) is 68.4 Å². The van der Waals surface area contributed by atoms with Crippen LogP contribution >= 0.6 is 24.0 Å². The Morgan fingerprint density at radius 3 is 2.36 bits per heavy atom. The number of nitrogens with zero attached hydrogens (tertiary/aromatic N) is 5. The molecule has 0 unspecified atom stereocenters. The monoisotopic (exact) mass is 561 g/mol. The number of piperazine rings is 1. The fraction of sp³-hybridized carbons (Fsp3) is 0.467. The first-order valence-electron chi connectivity index (χ1n) is 13.9. The Morgan fingerprint density at radius 2 is 1.72 bits per heavy atom. The van der Waals surface area contributed by atoms with E-state index in [1.165, 1.54) is 23.9 Å². The summed E-state index contributed by atoms with van der Waals surface area (Å²) >= 11 is 7.02. The molecule has 1 saturated carbocycles. The van der Waals surface area contributed by atoms with Crippen LogP contribution in [-0.4, -0.2) is 51.9 Å². The number of hydrogen-bond acceptors (Lipinski definition) is 7. The van der Waals surface area contributed by atoms with Crippen molar-refractivity contribution in [1.82, 2.24) is 9.47 Å². The van der Waals surface area contributed by atoms with E-state index in [1.807, 2.05) is 43.0 Å². The number of anilines is 2. The zero-order valence-electron chi connectivity index (χ0n) is 22.7. The van der Waals surface area contributed by atoms with Gasteiger partial charge in [0.2, 0.25) is 0 Å². The maximum atomic E-state index is 13.6. The number of carbonyl (C=O) groups excluding carboxylic acids is 1. The number of carbonyl (C=O) groups is 1. The third kappa shape index (κ3) is 5.37. The minimum absolute atomic E-state index is 0.0529. The second-order valence-electron chi connectivity index (χ2n) is 10.5. The number of benzene rings is 1. The maximum Gasteiger partial charge on any atom is 0.270 e. The molecule has 0 N–H and O–H groups in total. The number of rotatable bonds is 6. The zero-order chi connectivity index (χ0) is 27.5. The molecule has 3 aliphatic rings. The lowest BCUT2D eigenvalue weighted by Crippen LogP contribution is -2.48. The number of aromatic nitrogens is 1. The lowest BCUT2D eigenvalue weighted by molar-refractivity contribution is -0.124. The molecule has 39 heavy (non-hydrogen) atoms. The average Bonchev–Trinajstić information content (AvgIpc) is 3.25. The minimum Gasteiger partial charge on any atom is -0.368 e. The second kappa shape index (κ2) is 12.0. The van der Waals surface area contributed by atoms with Crippen LogP contribution in [0, 0.1) is 18.3 Å². The first-order valence-corrected chi connectivity index (χ1v) is 15.2. The van der Waals surface area contributed by atoms with Gasteiger partial charge in [-0.2, -0.15) is 5.26 Å². The first kappa shape index (κ1) is 27.5. The fourth-order valence-electron chi connectivity index (χ4n) is 6.00. The van der Waals surface area contributed by atoms with E-state index in [0.29, 0.717) is 21.3 Å². The summed E-state index contributed by atoms with van der Waals surface area (Å²) in [4.78, 5) is 34.1. The number of hydrogen-bond donors (Lipinski definition) is 0. The highest BCUT2D eigenvalue weighted by Crippen LogP contribution is 2.39. The highest BCUT2D eigenvalue weighted by atomic mass is 32.2. The van der Waals surface area contributed by atoms with Crippen molar-refractivity contribution >= 4 is 51.8 Å². The molecule has 1 aromatic carbocycles. The molecule has 5 rings (SSSR count). The zero-order valence-corrected chi connectivity index (χ0v) is 24.3. The summed E-state index contributed by atoms with van der Waals surface area (Å²) in [6.45, 7) is 7.45. The van der Waals surface area contributed by atoms with Crippen molar-refractivity contribution in [2.24, 2.45) is 0 Å². The van der Waals surface area contributed by atoms with E-state index in [-0.39, 0.29) is 23.1 Å². The van der Waals surface area contributed by atoms with Gasteiger partial charge in [0.15, 0.2) is 0 Å². The lowest BCUT2D eigenvalue weighted by Gasteiger charge is -2.39. The molecule has 204 valence electrons. The Balaban J connectivity index is 1.55. The first-order chi connectivity index (χ1) is 18.9. The molecule has 3 heterocycles. The van der Waals surface area contributed by atoms with E-state index in [1.54, 1.807) is 4.57 Å². The van der Waals surface area contributed by atoms with Gasteiger partial charge < -0.3 is 9.80 Å². The van der Waals surface area contributed by atoms with Gasteiger partial charge in [0.25, 0.3) is 11.5 Å². The standard InChI is InChI=1S/C30H35N5O2S2/c1-3-14-34-27(33-17-15-32(16-18-33)22-10-6-4-7-11-22)24(21(2)25(20-31)28(34)36)19-26-29(37)35(30(38)39-26)23-12-8-5-9-13-23/h4,6-7,10-11,19,23H,3,5,8-9,12-18H2,1-2H3/b26-19-. The van der Waals surface area contributed by atoms with Gasteiger partial charge in [0, 0.05) is 50.0 Å². The van der Waals surface area contributed by atoms with Crippen LogP contribution in [-0.2, 0) is 11.3 Å². The lowest BCUT2D eigenvalue weighted by atomic mass is 9.94. The number of nitriles is 1. The van der Waals surface area contributed by atoms with E-state index in [0.717, 1.165) is 69.7 Å². The van der Waals surface area contributed by atoms with Gasteiger partial charge in [-0.15, -0.1) is 0 Å². The molecule has 1 aromatic heterocycles. The smallest absolute Gasteiger partial charge is 0.270 e. The average molecular weight is 562 g/mol. The molecule has 3 fully saturated rings. The van der Waals surface area contributed by atoms with Crippen LogP contribution in [0.15, 0.2) is 40.0 Å². The summed E-state index contributed by atoms with van der Waals surface area (Å²) in [7, 11) is 0. The molecule has 2 saturated heterocycles. The van der Waals surface area contributed by atoms with Gasteiger partial charge in [0.05, 0.1) is 4.91 Å². The molecule has 0 bridgehead atoms. The van der Waals surface area contributed by atoms with Crippen molar-refractivity contribution in [3.8, 4) is 6.07 Å². The Morgan fingerprint density at radius 1 is 1.05 bits per heavy atom. The summed E-state index contributed by atoms with van der Waals surface area (Å²) in [5.41, 5.74) is 2.47. The van der Waals surface area contributed by atoms with Crippen molar-refractivity contribution in [1.29, 1.82) is 5.26 Å². The molecule has 9 heteroatoms. The Kier molecular flexibility index (Phi) is 8.43. The topological polar surface area (TPSA) is 72.6 Å². The van der Waals surface area contributed by atoms with Crippen LogP contribution < -0.4 is 15.4 Å². The number of pyridine rings is 1. The molecule has 0 radical (unpaired) electrons. The van der Waals surface area contributed by atoms with Gasteiger partial charge in [-0.25, -0.2) is 0 Å². The van der Waals surface area contributed by atoms with E-state index in [9.17, 15) is 14.9 Å². The van der Waals surface area contributed by atoms with Crippen molar-refractivity contribution in [2.45, 2.75) is 65.0 Å². The fourth-order valence-corrected chi connectivity index (χ4v) is 7.38. The maximum absolute atomic E-state index is 13.6. The quantitative estimate of drug-likeness (QED) is 0.350. The molecule has 1 aliphatic carbocycles. The summed E-state index contributed by atoms with van der Waals surface area (Å²) in [6.07, 6.45) is 8.05. The van der Waals surface area contributed by atoms with Crippen molar-refractivity contribution in [3.63, 3.8) is 0 Å². The summed E-state index contributed by atoms with van der Waals surface area (Å²) in [5, 5.41) is 9.94. The van der Waals surface area contributed by atoms with Gasteiger partial charge >= 0.3 is 0 Å². The number of para-hydroxylation sites is 1. The SMILES string of the molecule is CCCn1c(N2CCN(c3ccccc3)CC2)c(/C=C2\SC(=S)N(C3CCCCC3)C2=O)c(C)c(C#N)c1=O. The predicted octanol–water partition coefficient (Wildman–Crippen LogP) is 5.30. The third-order valence-electron chi connectivity index (χ3n) is 8.03. The van der Waals surface area contributed by atoms with E-state index >= 15 is 0 Å². The molecule has 0 atom stereocenters. The van der Waals surface area contributed by atoms with Gasteiger partial charge in [-0.05, 0) is 50.0 Å². The summed E-state index contributed by atoms with van der Waals surface area (Å²) < 4.78 is 2.36. The molecular formula is C30H35N5O2S2. The molecular weight excluding hydrogens is 526 g/mol. The molecule has 1 amide bonds. The van der Waals surface area contributed by atoms with Crippen molar-refractivity contribution < 1.29 is 4.79 Å². The normalized spacial score (nSPS) is 19.7.